The predicted octanol–water partition coefficient (Wildman–Crippen LogP) is 3.04. The zero-order valence-electron chi connectivity index (χ0n) is 11.8. The Morgan fingerprint density at radius 3 is 2.30 bits per heavy atom. The second-order valence-corrected chi connectivity index (χ2v) is 5.95. The molecule has 0 amide bonds. The van der Waals surface area contributed by atoms with Gasteiger partial charge < -0.3 is 10.0 Å². The highest BCUT2D eigenvalue weighted by molar-refractivity contribution is 5.27. The molecule has 1 N–H and O–H groups in total. The van der Waals surface area contributed by atoms with Crippen molar-refractivity contribution in [2.75, 3.05) is 19.6 Å². The van der Waals surface area contributed by atoms with Crippen molar-refractivity contribution < 1.29 is 18.3 Å². The Kier molecular flexibility index (Phi) is 4.39. The molecule has 1 heterocycles. The number of aliphatic hydroxyl groups is 1. The fraction of sp³-hybridized carbons (Fsp3) is 0.600. The van der Waals surface area contributed by atoms with E-state index in [0.717, 1.165) is 18.7 Å². The molecule has 2 rings (SSSR count). The molecule has 0 spiro atoms. The van der Waals surface area contributed by atoms with Crippen molar-refractivity contribution >= 4 is 0 Å². The van der Waals surface area contributed by atoms with Crippen molar-refractivity contribution in [2.45, 2.75) is 32.3 Å². The molecule has 0 saturated carbocycles. The van der Waals surface area contributed by atoms with Crippen LogP contribution < -0.4 is 0 Å². The van der Waals surface area contributed by atoms with E-state index in [9.17, 15) is 18.3 Å². The first-order valence-corrected chi connectivity index (χ1v) is 6.92. The zero-order chi connectivity index (χ0) is 14.9. The predicted molar refractivity (Wildman–Crippen MR) is 70.7 cm³/mol. The van der Waals surface area contributed by atoms with Gasteiger partial charge in [0.05, 0.1) is 5.60 Å². The first-order chi connectivity index (χ1) is 9.33. The fourth-order valence-corrected chi connectivity index (χ4v) is 2.78. The average molecular weight is 287 g/mol. The summed E-state index contributed by atoms with van der Waals surface area (Å²) < 4.78 is 40.1. The van der Waals surface area contributed by atoms with E-state index < -0.39 is 23.1 Å². The molecule has 1 aliphatic rings. The second-order valence-electron chi connectivity index (χ2n) is 5.95. The number of nitrogens with zero attached hydrogens (tertiary/aromatic N) is 1. The van der Waals surface area contributed by atoms with Gasteiger partial charge in [-0.25, -0.2) is 13.2 Å². The van der Waals surface area contributed by atoms with Gasteiger partial charge in [0.25, 0.3) is 0 Å². The van der Waals surface area contributed by atoms with E-state index in [1.165, 1.54) is 0 Å². The Morgan fingerprint density at radius 2 is 1.75 bits per heavy atom. The van der Waals surface area contributed by atoms with Crippen LogP contribution in [0.3, 0.4) is 0 Å². The maximum absolute atomic E-state index is 13.8. The van der Waals surface area contributed by atoms with Gasteiger partial charge in [0.15, 0.2) is 17.5 Å². The van der Waals surface area contributed by atoms with Crippen LogP contribution >= 0.6 is 0 Å². The Balaban J connectivity index is 2.16. The Hall–Kier alpha value is -1.07. The molecule has 0 atom stereocenters. The normalized spacial score (nSPS) is 19.6. The second kappa shape index (κ2) is 5.74. The molecule has 0 aliphatic carbocycles. The Morgan fingerprint density at radius 1 is 1.15 bits per heavy atom. The van der Waals surface area contributed by atoms with Crippen LogP contribution in [-0.4, -0.2) is 29.6 Å². The van der Waals surface area contributed by atoms with Gasteiger partial charge in [-0.15, -0.1) is 0 Å². The number of benzene rings is 1. The van der Waals surface area contributed by atoms with Crippen LogP contribution in [0, 0.1) is 23.4 Å². The zero-order valence-corrected chi connectivity index (χ0v) is 11.8. The lowest BCUT2D eigenvalue weighted by molar-refractivity contribution is -0.0310. The largest absolute Gasteiger partial charge is 0.385 e. The molecule has 112 valence electrons. The summed E-state index contributed by atoms with van der Waals surface area (Å²) in [6.07, 6.45) is 0.642. The van der Waals surface area contributed by atoms with Crippen molar-refractivity contribution in [3.05, 3.63) is 35.1 Å². The number of hydrogen-bond acceptors (Lipinski definition) is 2. The molecule has 1 aliphatic heterocycles. The standard InChI is InChI=1S/C15H20F3NO/c1-10(2)9-19-7-5-15(20,6-8-19)11-3-4-12(16)14(18)13(11)17/h3-4,10,20H,5-9H2,1-2H3. The summed E-state index contributed by atoms with van der Waals surface area (Å²) in [5.74, 6) is -3.50. The van der Waals surface area contributed by atoms with E-state index in [1.807, 2.05) is 0 Å². The van der Waals surface area contributed by atoms with Gasteiger partial charge >= 0.3 is 0 Å². The van der Waals surface area contributed by atoms with Crippen molar-refractivity contribution in [3.8, 4) is 0 Å². The summed E-state index contributed by atoms with van der Waals surface area (Å²) in [5, 5.41) is 10.5. The number of piperidine rings is 1. The molecular weight excluding hydrogens is 267 g/mol. The maximum atomic E-state index is 13.8. The lowest BCUT2D eigenvalue weighted by Crippen LogP contribution is -2.44. The lowest BCUT2D eigenvalue weighted by Gasteiger charge is -2.39. The molecule has 5 heteroatoms. The average Bonchev–Trinajstić information content (AvgIpc) is 2.38. The SMILES string of the molecule is CC(C)CN1CCC(O)(c2ccc(F)c(F)c2F)CC1. The van der Waals surface area contributed by atoms with Gasteiger partial charge in [0.2, 0.25) is 0 Å². The third kappa shape index (κ3) is 2.99. The molecule has 1 fully saturated rings. The van der Waals surface area contributed by atoms with Crippen LogP contribution in [0.1, 0.15) is 32.3 Å². The monoisotopic (exact) mass is 287 g/mol. The molecule has 0 bridgehead atoms. The van der Waals surface area contributed by atoms with Crippen LogP contribution in [0.2, 0.25) is 0 Å². The minimum atomic E-state index is -1.51. The van der Waals surface area contributed by atoms with Crippen molar-refractivity contribution in [2.24, 2.45) is 5.92 Å². The van der Waals surface area contributed by atoms with Crippen LogP contribution in [0.15, 0.2) is 12.1 Å². The number of hydrogen-bond donors (Lipinski definition) is 1. The molecule has 0 radical (unpaired) electrons. The van der Waals surface area contributed by atoms with Crippen molar-refractivity contribution in [1.29, 1.82) is 0 Å². The van der Waals surface area contributed by atoms with Gasteiger partial charge in [-0.1, -0.05) is 19.9 Å². The highest BCUT2D eigenvalue weighted by Gasteiger charge is 2.37. The molecule has 0 aromatic heterocycles. The van der Waals surface area contributed by atoms with E-state index in [1.54, 1.807) is 0 Å². The summed E-state index contributed by atoms with van der Waals surface area (Å²) in [4.78, 5) is 2.19. The van der Waals surface area contributed by atoms with Crippen LogP contribution in [0.4, 0.5) is 13.2 Å². The molecule has 1 aromatic rings. The van der Waals surface area contributed by atoms with Gasteiger partial charge in [-0.3, -0.25) is 0 Å². The number of halogens is 3. The fourth-order valence-electron chi connectivity index (χ4n) is 2.78. The Bertz CT molecular complexity index is 482. The quantitative estimate of drug-likeness (QED) is 0.864. The highest BCUT2D eigenvalue weighted by Crippen LogP contribution is 2.35. The molecule has 0 unspecified atom stereocenters. The lowest BCUT2D eigenvalue weighted by atomic mass is 9.84. The van der Waals surface area contributed by atoms with E-state index >= 15 is 0 Å². The molecule has 1 aromatic carbocycles. The van der Waals surface area contributed by atoms with E-state index in [0.29, 0.717) is 31.8 Å². The smallest absolute Gasteiger partial charge is 0.194 e. The van der Waals surface area contributed by atoms with Gasteiger partial charge in [0, 0.05) is 25.2 Å². The third-order valence-corrected chi connectivity index (χ3v) is 3.84. The van der Waals surface area contributed by atoms with Crippen LogP contribution in [0.5, 0.6) is 0 Å². The first-order valence-electron chi connectivity index (χ1n) is 6.92. The van der Waals surface area contributed by atoms with E-state index in [4.69, 9.17) is 0 Å². The molecule has 2 nitrogen and oxygen atoms in total. The summed E-state index contributed by atoms with van der Waals surface area (Å²) in [6.45, 7) is 6.36. The molecule has 1 saturated heterocycles. The summed E-state index contributed by atoms with van der Waals surface area (Å²) in [6, 6.07) is 2.01. The van der Waals surface area contributed by atoms with Gasteiger partial charge in [0.1, 0.15) is 0 Å². The van der Waals surface area contributed by atoms with Crippen molar-refractivity contribution in [1.82, 2.24) is 4.90 Å². The van der Waals surface area contributed by atoms with Gasteiger partial charge in [-0.05, 0) is 24.8 Å². The number of rotatable bonds is 3. The van der Waals surface area contributed by atoms with Crippen LogP contribution in [0.25, 0.3) is 0 Å². The summed E-state index contributed by atoms with van der Waals surface area (Å²) >= 11 is 0. The first kappa shape index (κ1) is 15.3. The Labute approximate surface area is 117 Å². The molecule has 20 heavy (non-hydrogen) atoms. The highest BCUT2D eigenvalue weighted by atomic mass is 19.2. The van der Waals surface area contributed by atoms with E-state index in [2.05, 4.69) is 18.7 Å². The topological polar surface area (TPSA) is 23.5 Å². The van der Waals surface area contributed by atoms with Crippen molar-refractivity contribution in [3.63, 3.8) is 0 Å². The molecular formula is C15H20F3NO. The van der Waals surface area contributed by atoms with Crippen LogP contribution in [-0.2, 0) is 5.60 Å². The van der Waals surface area contributed by atoms with Gasteiger partial charge in [-0.2, -0.15) is 0 Å². The third-order valence-electron chi connectivity index (χ3n) is 3.84. The number of likely N-dealkylation sites (tertiary alicyclic amines) is 1. The maximum Gasteiger partial charge on any atom is 0.194 e. The van der Waals surface area contributed by atoms with E-state index in [-0.39, 0.29) is 5.56 Å². The minimum Gasteiger partial charge on any atom is -0.385 e. The summed E-state index contributed by atoms with van der Waals surface area (Å²) in [5.41, 5.74) is -1.55. The minimum absolute atomic E-state index is 0.138. The summed E-state index contributed by atoms with van der Waals surface area (Å²) in [7, 11) is 0.